The van der Waals surface area contributed by atoms with Gasteiger partial charge in [0.05, 0.1) is 6.54 Å². The first-order valence-corrected chi connectivity index (χ1v) is 6.45. The third kappa shape index (κ3) is 3.01. The summed E-state index contributed by atoms with van der Waals surface area (Å²) in [6, 6.07) is 9.28. The van der Waals surface area contributed by atoms with Crippen LogP contribution < -0.4 is 5.32 Å². The summed E-state index contributed by atoms with van der Waals surface area (Å²) in [4.78, 5) is 11.9. The Morgan fingerprint density at radius 2 is 2.06 bits per heavy atom. The van der Waals surface area contributed by atoms with Gasteiger partial charge in [0.15, 0.2) is 0 Å². The number of halogens is 1. The maximum Gasteiger partial charge on any atom is 0.251 e. The lowest BCUT2D eigenvalue weighted by atomic mass is 10.1. The van der Waals surface area contributed by atoms with Crippen LogP contribution in [0.4, 0.5) is 0 Å². The molecule has 0 atom stereocenters. The van der Waals surface area contributed by atoms with Crippen LogP contribution in [0.15, 0.2) is 39.2 Å². The fraction of sp³-hybridized carbons (Fsp3) is 0.214. The van der Waals surface area contributed by atoms with Crippen LogP contribution in [-0.2, 0) is 6.54 Å². The molecule has 0 radical (unpaired) electrons. The van der Waals surface area contributed by atoms with Crippen molar-refractivity contribution in [1.82, 2.24) is 5.32 Å². The summed E-state index contributed by atoms with van der Waals surface area (Å²) in [7, 11) is 0. The lowest BCUT2D eigenvalue weighted by Gasteiger charge is -2.05. The van der Waals surface area contributed by atoms with E-state index in [9.17, 15) is 4.79 Å². The van der Waals surface area contributed by atoms with Gasteiger partial charge >= 0.3 is 0 Å². The van der Waals surface area contributed by atoms with Gasteiger partial charge in [0, 0.05) is 10.0 Å². The quantitative estimate of drug-likeness (QED) is 0.941. The fourth-order valence-corrected chi connectivity index (χ4v) is 1.96. The molecule has 4 heteroatoms. The summed E-state index contributed by atoms with van der Waals surface area (Å²) in [6.45, 7) is 4.26. The summed E-state index contributed by atoms with van der Waals surface area (Å²) in [5, 5.41) is 2.82. The number of hydrogen-bond donors (Lipinski definition) is 1. The van der Waals surface area contributed by atoms with Gasteiger partial charge < -0.3 is 9.73 Å². The molecule has 0 saturated carbocycles. The predicted octanol–water partition coefficient (Wildman–Crippen LogP) is 3.59. The number of furan rings is 1. The van der Waals surface area contributed by atoms with Gasteiger partial charge in [0.2, 0.25) is 0 Å². The number of hydrogen-bond acceptors (Lipinski definition) is 2. The van der Waals surface area contributed by atoms with Crippen molar-refractivity contribution < 1.29 is 9.21 Å². The van der Waals surface area contributed by atoms with E-state index >= 15 is 0 Å². The Labute approximate surface area is 114 Å². The zero-order chi connectivity index (χ0) is 13.1. The van der Waals surface area contributed by atoms with Crippen molar-refractivity contribution in [3.63, 3.8) is 0 Å². The van der Waals surface area contributed by atoms with Gasteiger partial charge in [-0.15, -0.1) is 0 Å². The van der Waals surface area contributed by atoms with Crippen LogP contribution in [0, 0.1) is 13.8 Å². The first-order valence-electron chi connectivity index (χ1n) is 5.66. The zero-order valence-electron chi connectivity index (χ0n) is 10.3. The predicted molar refractivity (Wildman–Crippen MR) is 73.5 cm³/mol. The lowest BCUT2D eigenvalue weighted by molar-refractivity contribution is 0.0948. The van der Waals surface area contributed by atoms with E-state index in [1.807, 2.05) is 44.2 Å². The van der Waals surface area contributed by atoms with Crippen LogP contribution in [0.1, 0.15) is 27.4 Å². The van der Waals surface area contributed by atoms with Gasteiger partial charge in [-0.05, 0) is 43.7 Å². The summed E-state index contributed by atoms with van der Waals surface area (Å²) in [5.74, 6) is 1.49. The average Bonchev–Trinajstić information content (AvgIpc) is 2.75. The normalized spacial score (nSPS) is 10.4. The smallest absolute Gasteiger partial charge is 0.251 e. The largest absolute Gasteiger partial charge is 0.465 e. The molecule has 18 heavy (non-hydrogen) atoms. The summed E-state index contributed by atoms with van der Waals surface area (Å²) < 4.78 is 6.32. The molecular weight excluding hydrogens is 294 g/mol. The van der Waals surface area contributed by atoms with E-state index in [1.165, 1.54) is 0 Å². The average molecular weight is 308 g/mol. The second kappa shape index (κ2) is 5.40. The van der Waals surface area contributed by atoms with E-state index in [0.29, 0.717) is 12.1 Å². The lowest BCUT2D eigenvalue weighted by Crippen LogP contribution is -2.22. The second-order valence-corrected chi connectivity index (χ2v) is 5.01. The molecule has 2 aromatic rings. The molecule has 1 aromatic carbocycles. The first-order chi connectivity index (χ1) is 8.56. The van der Waals surface area contributed by atoms with Crippen LogP contribution in [-0.4, -0.2) is 5.91 Å². The number of rotatable bonds is 3. The highest BCUT2D eigenvalue weighted by atomic mass is 79.9. The Morgan fingerprint density at radius 1 is 1.28 bits per heavy atom. The van der Waals surface area contributed by atoms with Crippen molar-refractivity contribution in [2.24, 2.45) is 0 Å². The Balaban J connectivity index is 2.01. The van der Waals surface area contributed by atoms with Crippen LogP contribution in [0.25, 0.3) is 0 Å². The molecule has 0 aliphatic carbocycles. The molecule has 0 aliphatic rings. The molecule has 1 amide bonds. The van der Waals surface area contributed by atoms with Crippen molar-refractivity contribution >= 4 is 21.8 Å². The number of benzene rings is 1. The van der Waals surface area contributed by atoms with E-state index in [2.05, 4.69) is 21.2 Å². The Morgan fingerprint density at radius 3 is 2.67 bits per heavy atom. The molecule has 2 rings (SSSR count). The molecule has 0 saturated heterocycles. The van der Waals surface area contributed by atoms with Crippen molar-refractivity contribution in [3.05, 3.63) is 57.5 Å². The number of carbonyl (C=O) groups excluding carboxylic acids is 1. The van der Waals surface area contributed by atoms with Crippen molar-refractivity contribution in [2.45, 2.75) is 20.4 Å². The van der Waals surface area contributed by atoms with Crippen LogP contribution in [0.2, 0.25) is 0 Å². The first kappa shape index (κ1) is 12.9. The fourth-order valence-electron chi connectivity index (χ4n) is 1.58. The third-order valence-corrected chi connectivity index (χ3v) is 3.51. The molecule has 0 aliphatic heterocycles. The van der Waals surface area contributed by atoms with Crippen molar-refractivity contribution in [2.75, 3.05) is 0 Å². The third-order valence-electron chi connectivity index (χ3n) is 2.65. The van der Waals surface area contributed by atoms with Gasteiger partial charge in [0.25, 0.3) is 5.91 Å². The Hall–Kier alpha value is -1.55. The van der Waals surface area contributed by atoms with Gasteiger partial charge in [-0.2, -0.15) is 0 Å². The van der Waals surface area contributed by atoms with Gasteiger partial charge in [-0.3, -0.25) is 4.79 Å². The SMILES string of the molecule is Cc1ccc(CNC(=O)c2ccc(C)c(Br)c2)o1. The van der Waals surface area contributed by atoms with E-state index < -0.39 is 0 Å². The van der Waals surface area contributed by atoms with Crippen LogP contribution in [0.5, 0.6) is 0 Å². The monoisotopic (exact) mass is 307 g/mol. The minimum absolute atomic E-state index is 0.107. The molecule has 1 aromatic heterocycles. The standard InChI is InChI=1S/C14H14BrNO2/c1-9-3-5-11(7-13(9)15)14(17)16-8-12-6-4-10(2)18-12/h3-7H,8H2,1-2H3,(H,16,17). The molecular formula is C14H14BrNO2. The summed E-state index contributed by atoms with van der Waals surface area (Å²) >= 11 is 3.42. The number of aryl methyl sites for hydroxylation is 2. The summed E-state index contributed by atoms with van der Waals surface area (Å²) in [5.41, 5.74) is 1.74. The van der Waals surface area contributed by atoms with E-state index in [4.69, 9.17) is 4.42 Å². The number of nitrogens with one attached hydrogen (secondary N) is 1. The van der Waals surface area contributed by atoms with Gasteiger partial charge in [0.1, 0.15) is 11.5 Å². The van der Waals surface area contributed by atoms with Crippen LogP contribution in [0.3, 0.4) is 0 Å². The van der Waals surface area contributed by atoms with E-state index in [1.54, 1.807) is 0 Å². The highest BCUT2D eigenvalue weighted by Gasteiger charge is 2.07. The Kier molecular flexibility index (Phi) is 3.87. The molecule has 1 N–H and O–H groups in total. The highest BCUT2D eigenvalue weighted by molar-refractivity contribution is 9.10. The second-order valence-electron chi connectivity index (χ2n) is 4.16. The van der Waals surface area contributed by atoms with Crippen molar-refractivity contribution in [3.8, 4) is 0 Å². The molecule has 0 spiro atoms. The molecule has 0 bridgehead atoms. The molecule has 0 unspecified atom stereocenters. The highest BCUT2D eigenvalue weighted by Crippen LogP contribution is 2.17. The maximum absolute atomic E-state index is 11.9. The maximum atomic E-state index is 11.9. The van der Waals surface area contributed by atoms with Crippen molar-refractivity contribution in [1.29, 1.82) is 0 Å². The van der Waals surface area contributed by atoms with Crippen LogP contribution >= 0.6 is 15.9 Å². The van der Waals surface area contributed by atoms with E-state index in [-0.39, 0.29) is 5.91 Å². The summed E-state index contributed by atoms with van der Waals surface area (Å²) in [6.07, 6.45) is 0. The molecule has 94 valence electrons. The zero-order valence-corrected chi connectivity index (χ0v) is 11.9. The van der Waals surface area contributed by atoms with E-state index in [0.717, 1.165) is 21.6 Å². The minimum atomic E-state index is -0.107. The molecule has 3 nitrogen and oxygen atoms in total. The molecule has 0 fully saturated rings. The minimum Gasteiger partial charge on any atom is -0.465 e. The number of carbonyl (C=O) groups is 1. The molecule has 1 heterocycles. The Bertz CT molecular complexity index is 575. The topological polar surface area (TPSA) is 42.2 Å². The van der Waals surface area contributed by atoms with Gasteiger partial charge in [-0.25, -0.2) is 0 Å². The van der Waals surface area contributed by atoms with Gasteiger partial charge in [-0.1, -0.05) is 22.0 Å². The number of amides is 1.